The van der Waals surface area contributed by atoms with Crippen molar-refractivity contribution in [1.29, 1.82) is 0 Å². The van der Waals surface area contributed by atoms with Gasteiger partial charge in [0.15, 0.2) is 0 Å². The van der Waals surface area contributed by atoms with Crippen molar-refractivity contribution in [2.24, 2.45) is 23.4 Å². The minimum absolute atomic E-state index is 0.315. The monoisotopic (exact) mass is 372 g/mol. The molecule has 0 aromatic carbocycles. The number of allylic oxidation sites excluding steroid dienone is 2. The highest BCUT2D eigenvalue weighted by molar-refractivity contribution is 5.67. The lowest BCUT2D eigenvalue weighted by Gasteiger charge is -2.29. The molecule has 154 valence electrons. The van der Waals surface area contributed by atoms with Gasteiger partial charge in [-0.2, -0.15) is 0 Å². The lowest BCUT2D eigenvalue weighted by atomic mass is 9.84. The largest absolute Gasteiger partial charge is 0.449 e. The first-order valence-electron chi connectivity index (χ1n) is 9.90. The van der Waals surface area contributed by atoms with Crippen LogP contribution in [0.4, 0.5) is 4.79 Å². The molecule has 0 bridgehead atoms. The molecule has 1 aliphatic carbocycles. The van der Waals surface area contributed by atoms with Crippen LogP contribution < -0.4 is 16.9 Å². The smallest absolute Gasteiger partial charge is 0.407 e. The SMILES string of the molecule is CC.CCCOCCNC(=O)OCC1CC/C(N)=C(/N(C)N)CCC1C. The molecule has 2 atom stereocenters. The lowest BCUT2D eigenvalue weighted by molar-refractivity contribution is 0.0982. The molecule has 1 rings (SSSR count). The van der Waals surface area contributed by atoms with E-state index >= 15 is 0 Å². The second-order valence-corrected chi connectivity index (χ2v) is 6.54. The summed E-state index contributed by atoms with van der Waals surface area (Å²) in [5.74, 6) is 6.61. The van der Waals surface area contributed by atoms with Crippen LogP contribution in [0.15, 0.2) is 11.4 Å². The molecule has 1 amide bonds. The maximum atomic E-state index is 11.7. The number of nitrogens with zero attached hydrogens (tertiary/aromatic N) is 1. The molecule has 5 N–H and O–H groups in total. The minimum atomic E-state index is -0.379. The fraction of sp³-hybridized carbons (Fsp3) is 0.842. The number of hydrogen-bond donors (Lipinski definition) is 3. The highest BCUT2D eigenvalue weighted by atomic mass is 16.5. The van der Waals surface area contributed by atoms with Gasteiger partial charge >= 0.3 is 6.09 Å². The number of amides is 1. The van der Waals surface area contributed by atoms with Crippen LogP contribution >= 0.6 is 0 Å². The zero-order chi connectivity index (χ0) is 19.9. The quantitative estimate of drug-likeness (QED) is 0.344. The molecule has 0 radical (unpaired) electrons. The Morgan fingerprint density at radius 1 is 1.27 bits per heavy atom. The Morgan fingerprint density at radius 3 is 2.58 bits per heavy atom. The predicted octanol–water partition coefficient (Wildman–Crippen LogP) is 2.97. The van der Waals surface area contributed by atoms with Gasteiger partial charge in [0.2, 0.25) is 0 Å². The van der Waals surface area contributed by atoms with Crippen molar-refractivity contribution >= 4 is 6.09 Å². The van der Waals surface area contributed by atoms with Crippen molar-refractivity contribution in [2.75, 3.05) is 33.4 Å². The van der Waals surface area contributed by atoms with E-state index in [-0.39, 0.29) is 6.09 Å². The molecule has 0 spiro atoms. The van der Waals surface area contributed by atoms with Gasteiger partial charge in [0, 0.05) is 31.6 Å². The van der Waals surface area contributed by atoms with Crippen LogP contribution in [0.25, 0.3) is 0 Å². The highest BCUT2D eigenvalue weighted by Crippen LogP contribution is 2.29. The second kappa shape index (κ2) is 14.7. The number of nitrogens with two attached hydrogens (primary N) is 2. The fourth-order valence-electron chi connectivity index (χ4n) is 2.89. The van der Waals surface area contributed by atoms with Crippen LogP contribution in [0.2, 0.25) is 0 Å². The van der Waals surface area contributed by atoms with Crippen molar-refractivity contribution < 1.29 is 14.3 Å². The van der Waals surface area contributed by atoms with Crippen molar-refractivity contribution in [1.82, 2.24) is 10.3 Å². The van der Waals surface area contributed by atoms with Crippen LogP contribution in [0.3, 0.4) is 0 Å². The third-order valence-corrected chi connectivity index (χ3v) is 4.51. The Balaban J connectivity index is 0.00000301. The average Bonchev–Trinajstić information content (AvgIpc) is 2.61. The van der Waals surface area contributed by atoms with E-state index in [1.54, 1.807) is 5.01 Å². The molecule has 1 aliphatic rings. The third kappa shape index (κ3) is 9.87. The summed E-state index contributed by atoms with van der Waals surface area (Å²) in [4.78, 5) is 11.7. The second-order valence-electron chi connectivity index (χ2n) is 6.54. The third-order valence-electron chi connectivity index (χ3n) is 4.51. The summed E-state index contributed by atoms with van der Waals surface area (Å²) in [6.45, 7) is 10.4. The van der Waals surface area contributed by atoms with Gasteiger partial charge in [-0.05, 0) is 43.9 Å². The van der Waals surface area contributed by atoms with E-state index in [1.807, 2.05) is 27.8 Å². The number of rotatable bonds is 8. The molecule has 0 fully saturated rings. The first-order valence-corrected chi connectivity index (χ1v) is 9.90. The summed E-state index contributed by atoms with van der Waals surface area (Å²) in [6, 6.07) is 0. The summed E-state index contributed by atoms with van der Waals surface area (Å²) < 4.78 is 10.7. The van der Waals surface area contributed by atoms with Gasteiger partial charge in [0.05, 0.1) is 13.2 Å². The molecule has 2 unspecified atom stereocenters. The van der Waals surface area contributed by atoms with Gasteiger partial charge in [-0.3, -0.25) is 0 Å². The van der Waals surface area contributed by atoms with E-state index in [1.165, 1.54) is 0 Å². The van der Waals surface area contributed by atoms with Gasteiger partial charge in [-0.25, -0.2) is 10.6 Å². The van der Waals surface area contributed by atoms with Crippen LogP contribution in [0.5, 0.6) is 0 Å². The van der Waals surface area contributed by atoms with Crippen LogP contribution in [-0.4, -0.2) is 44.5 Å². The van der Waals surface area contributed by atoms with Crippen molar-refractivity contribution in [3.63, 3.8) is 0 Å². The predicted molar refractivity (Wildman–Crippen MR) is 106 cm³/mol. The number of hydrazine groups is 1. The summed E-state index contributed by atoms with van der Waals surface area (Å²) in [5.41, 5.74) is 8.00. The maximum Gasteiger partial charge on any atom is 0.407 e. The molecule has 0 aliphatic heterocycles. The van der Waals surface area contributed by atoms with E-state index in [0.29, 0.717) is 38.2 Å². The minimum Gasteiger partial charge on any atom is -0.449 e. The van der Waals surface area contributed by atoms with E-state index in [4.69, 9.17) is 21.1 Å². The number of carbonyl (C=O) groups excluding carboxylic acids is 1. The molecule has 0 heterocycles. The molecule has 0 aromatic rings. The Hall–Kier alpha value is -1.47. The molecule has 7 heteroatoms. The number of ether oxygens (including phenoxy) is 2. The number of nitrogens with one attached hydrogen (secondary N) is 1. The number of carbonyl (C=O) groups is 1. The van der Waals surface area contributed by atoms with Gasteiger partial charge in [-0.1, -0.05) is 27.7 Å². The number of hydrogen-bond acceptors (Lipinski definition) is 6. The highest BCUT2D eigenvalue weighted by Gasteiger charge is 2.23. The van der Waals surface area contributed by atoms with Crippen molar-refractivity contribution in [3.05, 3.63) is 11.4 Å². The summed E-state index contributed by atoms with van der Waals surface area (Å²) in [5, 5.41) is 4.33. The molecular weight excluding hydrogens is 332 g/mol. The van der Waals surface area contributed by atoms with Crippen molar-refractivity contribution in [3.8, 4) is 0 Å². The lowest BCUT2D eigenvalue weighted by Crippen LogP contribution is -2.33. The van der Waals surface area contributed by atoms with E-state index < -0.39 is 0 Å². The Labute approximate surface area is 159 Å². The molecule has 26 heavy (non-hydrogen) atoms. The van der Waals surface area contributed by atoms with Crippen molar-refractivity contribution in [2.45, 2.75) is 59.8 Å². The molecular formula is C19H40N4O3. The maximum absolute atomic E-state index is 11.7. The first-order chi connectivity index (χ1) is 12.5. The zero-order valence-corrected chi connectivity index (χ0v) is 17.3. The van der Waals surface area contributed by atoms with Gasteiger partial charge in [-0.15, -0.1) is 0 Å². The summed E-state index contributed by atoms with van der Waals surface area (Å²) in [7, 11) is 1.82. The van der Waals surface area contributed by atoms with E-state index in [0.717, 1.165) is 43.5 Å². The topological polar surface area (TPSA) is 103 Å². The fourth-order valence-corrected chi connectivity index (χ4v) is 2.89. The number of alkyl carbamates (subject to hydrolysis) is 1. The van der Waals surface area contributed by atoms with E-state index in [2.05, 4.69) is 12.2 Å². The summed E-state index contributed by atoms with van der Waals surface area (Å²) >= 11 is 0. The standard InChI is InChI=1S/C17H34N4O3.C2H6/c1-4-10-23-11-9-20-17(22)24-12-14-6-7-15(18)16(21(3)19)8-5-13(14)2;1-2/h13-14H,4-12,18-19H2,1-3H3,(H,20,22);1-2H3/b16-15-;. The van der Waals surface area contributed by atoms with Crippen LogP contribution in [-0.2, 0) is 9.47 Å². The summed E-state index contributed by atoms with van der Waals surface area (Å²) in [6.07, 6.45) is 4.12. The van der Waals surface area contributed by atoms with Gasteiger partial charge < -0.3 is 25.5 Å². The van der Waals surface area contributed by atoms with Crippen LogP contribution in [0, 0.1) is 11.8 Å². The Bertz CT molecular complexity index is 414. The normalized spacial score (nSPS) is 23.2. The Morgan fingerprint density at radius 2 is 1.96 bits per heavy atom. The average molecular weight is 373 g/mol. The molecule has 0 saturated heterocycles. The van der Waals surface area contributed by atoms with E-state index in [9.17, 15) is 4.79 Å². The van der Waals surface area contributed by atoms with Gasteiger partial charge in [0.1, 0.15) is 0 Å². The Kier molecular flexibility index (Phi) is 13.8. The zero-order valence-electron chi connectivity index (χ0n) is 17.3. The van der Waals surface area contributed by atoms with Crippen LogP contribution in [0.1, 0.15) is 59.8 Å². The molecule has 0 aromatic heterocycles. The first kappa shape index (κ1) is 24.5. The molecule has 7 nitrogen and oxygen atoms in total. The molecule has 0 saturated carbocycles. The van der Waals surface area contributed by atoms with Gasteiger partial charge in [0.25, 0.3) is 0 Å².